The van der Waals surface area contributed by atoms with Gasteiger partial charge >= 0.3 is 5.97 Å². The first kappa shape index (κ1) is 11.5. The fourth-order valence-electron chi connectivity index (χ4n) is 1.75. The zero-order valence-corrected chi connectivity index (χ0v) is 9.27. The van der Waals surface area contributed by atoms with Crippen LogP contribution in [0.1, 0.15) is 46.0 Å². The highest BCUT2D eigenvalue weighted by Crippen LogP contribution is 2.20. The van der Waals surface area contributed by atoms with Gasteiger partial charge in [-0.15, -0.1) is 0 Å². The van der Waals surface area contributed by atoms with Gasteiger partial charge in [0.15, 0.2) is 0 Å². The number of rotatable bonds is 5. The highest BCUT2D eigenvalue weighted by atomic mass is 16.5. The smallest absolute Gasteiger partial charge is 0.326 e. The molecule has 82 valence electrons. The number of hydrogen-bond acceptors (Lipinski definition) is 3. The molecule has 1 unspecified atom stereocenters. The summed E-state index contributed by atoms with van der Waals surface area (Å²) in [5.74, 6) is -0.0777. The molecule has 1 aliphatic rings. The Hall–Kier alpha value is -0.570. The molecule has 0 aliphatic carbocycles. The van der Waals surface area contributed by atoms with E-state index in [4.69, 9.17) is 4.74 Å². The molecule has 1 atom stereocenters. The molecule has 1 saturated heterocycles. The minimum absolute atomic E-state index is 0.0777. The lowest BCUT2D eigenvalue weighted by Crippen LogP contribution is -2.45. The third-order valence-corrected chi connectivity index (χ3v) is 2.80. The summed E-state index contributed by atoms with van der Waals surface area (Å²) in [7, 11) is 0. The van der Waals surface area contributed by atoms with E-state index in [0.29, 0.717) is 6.61 Å². The van der Waals surface area contributed by atoms with Crippen molar-refractivity contribution in [3.8, 4) is 0 Å². The van der Waals surface area contributed by atoms with E-state index in [9.17, 15) is 4.79 Å². The summed E-state index contributed by atoms with van der Waals surface area (Å²) in [5.41, 5.74) is -0.411. The topological polar surface area (TPSA) is 38.3 Å². The maximum atomic E-state index is 11.6. The molecular weight excluding hydrogens is 178 g/mol. The summed E-state index contributed by atoms with van der Waals surface area (Å²) in [6.45, 7) is 5.58. The fourth-order valence-corrected chi connectivity index (χ4v) is 1.75. The van der Waals surface area contributed by atoms with Gasteiger partial charge in [0, 0.05) is 0 Å². The van der Waals surface area contributed by atoms with Gasteiger partial charge in [0.2, 0.25) is 0 Å². The molecule has 0 aromatic rings. The van der Waals surface area contributed by atoms with E-state index in [1.807, 2.05) is 6.92 Å². The first-order chi connectivity index (χ1) is 6.69. The average Bonchev–Trinajstić information content (AvgIpc) is 2.61. The second kappa shape index (κ2) is 5.35. The summed E-state index contributed by atoms with van der Waals surface area (Å²) in [4.78, 5) is 11.6. The third kappa shape index (κ3) is 2.98. The number of unbranched alkanes of at least 4 members (excludes halogenated alkanes) is 2. The van der Waals surface area contributed by atoms with Gasteiger partial charge in [0.25, 0.3) is 0 Å². The summed E-state index contributed by atoms with van der Waals surface area (Å²) in [6.07, 6.45) is 5.25. The van der Waals surface area contributed by atoms with Crippen LogP contribution in [0.2, 0.25) is 0 Å². The molecule has 0 saturated carbocycles. The van der Waals surface area contributed by atoms with Crippen molar-refractivity contribution in [2.45, 2.75) is 51.5 Å². The molecular formula is C11H21NO2. The normalized spacial score (nSPS) is 26.4. The largest absolute Gasteiger partial charge is 0.464 e. The van der Waals surface area contributed by atoms with Gasteiger partial charge in [0.05, 0.1) is 6.61 Å². The van der Waals surface area contributed by atoms with Crippen molar-refractivity contribution in [1.82, 2.24) is 5.32 Å². The van der Waals surface area contributed by atoms with Crippen molar-refractivity contribution >= 4 is 5.97 Å². The van der Waals surface area contributed by atoms with Crippen molar-refractivity contribution in [1.29, 1.82) is 0 Å². The molecule has 1 heterocycles. The SMILES string of the molecule is CCCCCOC(=O)C1(C)CCCN1. The molecule has 0 aromatic carbocycles. The maximum Gasteiger partial charge on any atom is 0.326 e. The Morgan fingerprint density at radius 3 is 2.86 bits per heavy atom. The molecule has 0 radical (unpaired) electrons. The predicted molar refractivity (Wildman–Crippen MR) is 56.1 cm³/mol. The summed E-state index contributed by atoms with van der Waals surface area (Å²) >= 11 is 0. The molecule has 0 aromatic heterocycles. The van der Waals surface area contributed by atoms with Crippen molar-refractivity contribution in [2.75, 3.05) is 13.2 Å². The Morgan fingerprint density at radius 2 is 2.29 bits per heavy atom. The van der Waals surface area contributed by atoms with Crippen LogP contribution in [0.3, 0.4) is 0 Å². The van der Waals surface area contributed by atoms with Crippen LogP contribution in [0.5, 0.6) is 0 Å². The molecule has 3 nitrogen and oxygen atoms in total. The fraction of sp³-hybridized carbons (Fsp3) is 0.909. The van der Waals surface area contributed by atoms with Crippen LogP contribution in [-0.4, -0.2) is 24.7 Å². The summed E-state index contributed by atoms with van der Waals surface area (Å²) in [5, 5.41) is 3.20. The van der Waals surface area contributed by atoms with Gasteiger partial charge in [0.1, 0.15) is 5.54 Å². The van der Waals surface area contributed by atoms with Gasteiger partial charge in [-0.25, -0.2) is 0 Å². The lowest BCUT2D eigenvalue weighted by Gasteiger charge is -2.21. The number of esters is 1. The van der Waals surface area contributed by atoms with E-state index >= 15 is 0 Å². The van der Waals surface area contributed by atoms with Gasteiger partial charge < -0.3 is 10.1 Å². The van der Waals surface area contributed by atoms with E-state index in [1.165, 1.54) is 0 Å². The Bertz CT molecular complexity index is 186. The van der Waals surface area contributed by atoms with Gasteiger partial charge in [-0.05, 0) is 32.7 Å². The predicted octanol–water partition coefficient (Wildman–Crippen LogP) is 1.86. The van der Waals surface area contributed by atoms with E-state index in [-0.39, 0.29) is 5.97 Å². The van der Waals surface area contributed by atoms with E-state index in [1.54, 1.807) is 0 Å². The molecule has 0 bridgehead atoms. The number of carbonyl (C=O) groups excluding carboxylic acids is 1. The van der Waals surface area contributed by atoms with Crippen LogP contribution >= 0.6 is 0 Å². The van der Waals surface area contributed by atoms with Crippen molar-refractivity contribution in [3.63, 3.8) is 0 Å². The second-order valence-corrected chi connectivity index (χ2v) is 4.21. The van der Waals surface area contributed by atoms with Gasteiger partial charge in [-0.3, -0.25) is 4.79 Å². The van der Waals surface area contributed by atoms with E-state index in [2.05, 4.69) is 12.2 Å². The number of carbonyl (C=O) groups is 1. The summed E-state index contributed by atoms with van der Waals surface area (Å²) in [6, 6.07) is 0. The summed E-state index contributed by atoms with van der Waals surface area (Å²) < 4.78 is 5.23. The van der Waals surface area contributed by atoms with Crippen molar-refractivity contribution in [3.05, 3.63) is 0 Å². The number of ether oxygens (including phenoxy) is 1. The minimum atomic E-state index is -0.411. The van der Waals surface area contributed by atoms with Crippen molar-refractivity contribution < 1.29 is 9.53 Å². The second-order valence-electron chi connectivity index (χ2n) is 4.21. The monoisotopic (exact) mass is 199 g/mol. The minimum Gasteiger partial charge on any atom is -0.464 e. The third-order valence-electron chi connectivity index (χ3n) is 2.80. The Kier molecular flexibility index (Phi) is 4.39. The van der Waals surface area contributed by atoms with Crippen LogP contribution in [0.25, 0.3) is 0 Å². The Labute approximate surface area is 86.2 Å². The highest BCUT2D eigenvalue weighted by molar-refractivity contribution is 5.80. The Balaban J connectivity index is 2.20. The lowest BCUT2D eigenvalue weighted by molar-refractivity contribution is -0.150. The maximum absolute atomic E-state index is 11.6. The zero-order valence-electron chi connectivity index (χ0n) is 9.27. The molecule has 1 rings (SSSR count). The molecule has 0 spiro atoms. The van der Waals surface area contributed by atoms with Crippen LogP contribution < -0.4 is 5.32 Å². The number of nitrogens with one attached hydrogen (secondary N) is 1. The van der Waals surface area contributed by atoms with Gasteiger partial charge in [-0.1, -0.05) is 19.8 Å². The molecule has 3 heteroatoms. The zero-order chi connectivity index (χ0) is 10.4. The van der Waals surface area contributed by atoms with Crippen molar-refractivity contribution in [2.24, 2.45) is 0 Å². The lowest BCUT2D eigenvalue weighted by atomic mass is 10.0. The van der Waals surface area contributed by atoms with Crippen LogP contribution in [-0.2, 0) is 9.53 Å². The van der Waals surface area contributed by atoms with Gasteiger partial charge in [-0.2, -0.15) is 0 Å². The van der Waals surface area contributed by atoms with E-state index in [0.717, 1.165) is 38.6 Å². The Morgan fingerprint density at radius 1 is 1.50 bits per heavy atom. The van der Waals surface area contributed by atoms with Crippen LogP contribution in [0, 0.1) is 0 Å². The number of hydrogen-bond donors (Lipinski definition) is 1. The first-order valence-electron chi connectivity index (χ1n) is 5.61. The molecule has 14 heavy (non-hydrogen) atoms. The average molecular weight is 199 g/mol. The highest BCUT2D eigenvalue weighted by Gasteiger charge is 2.37. The molecule has 0 amide bonds. The van der Waals surface area contributed by atoms with E-state index < -0.39 is 5.54 Å². The molecule has 1 fully saturated rings. The van der Waals surface area contributed by atoms with Crippen LogP contribution in [0.15, 0.2) is 0 Å². The quantitative estimate of drug-likeness (QED) is 0.542. The first-order valence-corrected chi connectivity index (χ1v) is 5.61. The molecule has 1 N–H and O–H groups in total. The molecule has 1 aliphatic heterocycles. The van der Waals surface area contributed by atoms with Crippen LogP contribution in [0.4, 0.5) is 0 Å². The standard InChI is InChI=1S/C11H21NO2/c1-3-4-5-9-14-10(13)11(2)7-6-8-12-11/h12H,3-9H2,1-2H3.